The molecular formula is C26H32N2O4. The van der Waals surface area contributed by atoms with Crippen LogP contribution in [0.15, 0.2) is 48.0 Å². The molecule has 1 amide bonds. The van der Waals surface area contributed by atoms with Crippen LogP contribution >= 0.6 is 0 Å². The molecule has 0 radical (unpaired) electrons. The standard InChI is InChI=1S/C26H32N2O4/c1-6-27(7-2)14-15-28-23(19-11-9-8-10-18(19)4)22(25(30)26(28)31)24(29)20-16-17(3)12-13-21(20)32-5/h8-13,16,23,29H,6-7,14-15H2,1-5H3/b24-22+. The molecular weight excluding hydrogens is 404 g/mol. The van der Waals surface area contributed by atoms with Gasteiger partial charge < -0.3 is 19.6 Å². The second-order valence-corrected chi connectivity index (χ2v) is 8.08. The van der Waals surface area contributed by atoms with E-state index in [0.717, 1.165) is 29.8 Å². The van der Waals surface area contributed by atoms with E-state index < -0.39 is 17.7 Å². The minimum atomic E-state index is -0.668. The number of carbonyl (C=O) groups is 2. The van der Waals surface area contributed by atoms with Crippen molar-refractivity contribution in [3.63, 3.8) is 0 Å². The van der Waals surface area contributed by atoms with Crippen LogP contribution in [0.4, 0.5) is 0 Å². The smallest absolute Gasteiger partial charge is 0.295 e. The molecule has 1 atom stereocenters. The van der Waals surface area contributed by atoms with Crippen LogP contribution < -0.4 is 4.74 Å². The van der Waals surface area contributed by atoms with E-state index in [2.05, 4.69) is 18.7 Å². The molecule has 3 rings (SSSR count). The molecule has 170 valence electrons. The van der Waals surface area contributed by atoms with Gasteiger partial charge in [0.15, 0.2) is 0 Å². The van der Waals surface area contributed by atoms with E-state index in [9.17, 15) is 14.7 Å². The fourth-order valence-corrected chi connectivity index (χ4v) is 4.27. The second-order valence-electron chi connectivity index (χ2n) is 8.08. The van der Waals surface area contributed by atoms with E-state index in [-0.39, 0.29) is 11.3 Å². The number of ketones is 1. The summed E-state index contributed by atoms with van der Waals surface area (Å²) in [5, 5.41) is 11.3. The van der Waals surface area contributed by atoms with E-state index in [1.807, 2.05) is 44.2 Å². The first-order valence-corrected chi connectivity index (χ1v) is 11.0. The van der Waals surface area contributed by atoms with Crippen molar-refractivity contribution in [2.45, 2.75) is 33.7 Å². The molecule has 1 heterocycles. The molecule has 0 aromatic heterocycles. The normalized spacial score (nSPS) is 17.9. The number of amides is 1. The zero-order valence-electron chi connectivity index (χ0n) is 19.5. The van der Waals surface area contributed by atoms with Gasteiger partial charge in [-0.1, -0.05) is 49.7 Å². The summed E-state index contributed by atoms with van der Waals surface area (Å²) in [5.41, 5.74) is 3.21. The lowest BCUT2D eigenvalue weighted by molar-refractivity contribution is -0.140. The van der Waals surface area contributed by atoms with Crippen molar-refractivity contribution in [3.8, 4) is 5.75 Å². The zero-order valence-corrected chi connectivity index (χ0v) is 19.5. The molecule has 1 saturated heterocycles. The van der Waals surface area contributed by atoms with Crippen LogP contribution in [0.5, 0.6) is 5.75 Å². The van der Waals surface area contributed by atoms with Crippen molar-refractivity contribution in [1.29, 1.82) is 0 Å². The first kappa shape index (κ1) is 23.5. The van der Waals surface area contributed by atoms with Crippen molar-refractivity contribution in [1.82, 2.24) is 9.80 Å². The first-order valence-electron chi connectivity index (χ1n) is 11.0. The lowest BCUT2D eigenvalue weighted by Gasteiger charge is -2.29. The number of aliphatic hydroxyl groups is 1. The number of hydrogen-bond donors (Lipinski definition) is 1. The maximum absolute atomic E-state index is 13.2. The lowest BCUT2D eigenvalue weighted by Crippen LogP contribution is -2.38. The number of nitrogens with zero attached hydrogens (tertiary/aromatic N) is 2. The Labute approximate surface area is 190 Å². The van der Waals surface area contributed by atoms with Crippen LogP contribution in [0.1, 0.15) is 42.1 Å². The van der Waals surface area contributed by atoms with Crippen LogP contribution in [0, 0.1) is 13.8 Å². The minimum absolute atomic E-state index is 0.104. The topological polar surface area (TPSA) is 70.1 Å². The summed E-state index contributed by atoms with van der Waals surface area (Å²) in [7, 11) is 1.52. The fraction of sp³-hybridized carbons (Fsp3) is 0.385. The van der Waals surface area contributed by atoms with E-state index in [1.165, 1.54) is 7.11 Å². The number of benzene rings is 2. The quantitative estimate of drug-likeness (QED) is 0.384. The maximum atomic E-state index is 13.2. The van der Waals surface area contributed by atoms with Crippen LogP contribution in [0.3, 0.4) is 0 Å². The van der Waals surface area contributed by atoms with Crippen LogP contribution in [-0.2, 0) is 9.59 Å². The molecule has 6 nitrogen and oxygen atoms in total. The molecule has 2 aromatic rings. The Balaban J connectivity index is 2.18. The highest BCUT2D eigenvalue weighted by Gasteiger charge is 2.46. The van der Waals surface area contributed by atoms with Crippen molar-refractivity contribution >= 4 is 17.4 Å². The Hall–Kier alpha value is -3.12. The van der Waals surface area contributed by atoms with Gasteiger partial charge in [-0.25, -0.2) is 0 Å². The molecule has 1 unspecified atom stereocenters. The average Bonchev–Trinajstić information content (AvgIpc) is 3.04. The van der Waals surface area contributed by atoms with Gasteiger partial charge in [0.2, 0.25) is 0 Å². The van der Waals surface area contributed by atoms with Gasteiger partial charge in [0.25, 0.3) is 11.7 Å². The van der Waals surface area contributed by atoms with Gasteiger partial charge in [-0.3, -0.25) is 9.59 Å². The molecule has 0 spiro atoms. The Morgan fingerprint density at radius 1 is 1.09 bits per heavy atom. The van der Waals surface area contributed by atoms with Gasteiger partial charge in [0.1, 0.15) is 11.5 Å². The summed E-state index contributed by atoms with van der Waals surface area (Å²) >= 11 is 0. The zero-order chi connectivity index (χ0) is 23.4. The molecule has 1 fully saturated rings. The molecule has 1 aliphatic rings. The third kappa shape index (κ3) is 4.41. The van der Waals surface area contributed by atoms with E-state index in [4.69, 9.17) is 4.74 Å². The van der Waals surface area contributed by atoms with Gasteiger partial charge in [-0.2, -0.15) is 0 Å². The largest absolute Gasteiger partial charge is 0.507 e. The van der Waals surface area contributed by atoms with Crippen molar-refractivity contribution in [2.24, 2.45) is 0 Å². The summed E-state index contributed by atoms with van der Waals surface area (Å²) in [6.07, 6.45) is 0. The number of Topliss-reactive ketones (excluding diaryl/α,β-unsaturated/α-hetero) is 1. The van der Waals surface area contributed by atoms with E-state index in [1.54, 1.807) is 17.0 Å². The van der Waals surface area contributed by atoms with Gasteiger partial charge in [-0.05, 0) is 50.2 Å². The summed E-state index contributed by atoms with van der Waals surface area (Å²) in [5.74, 6) is -1.01. The number of aryl methyl sites for hydroxylation is 2. The van der Waals surface area contributed by atoms with E-state index in [0.29, 0.717) is 24.4 Å². The Kier molecular flexibility index (Phi) is 7.36. The third-order valence-electron chi connectivity index (χ3n) is 6.18. The number of likely N-dealkylation sites (N-methyl/N-ethyl adjacent to an activating group) is 1. The van der Waals surface area contributed by atoms with Crippen molar-refractivity contribution in [2.75, 3.05) is 33.3 Å². The molecule has 6 heteroatoms. The van der Waals surface area contributed by atoms with Crippen LogP contribution in [0.2, 0.25) is 0 Å². The number of ether oxygens (including phenoxy) is 1. The Bertz CT molecular complexity index is 1040. The molecule has 32 heavy (non-hydrogen) atoms. The van der Waals surface area contributed by atoms with Crippen molar-refractivity contribution < 1.29 is 19.4 Å². The van der Waals surface area contributed by atoms with Gasteiger partial charge in [-0.15, -0.1) is 0 Å². The number of aliphatic hydroxyl groups excluding tert-OH is 1. The highest BCUT2D eigenvalue weighted by molar-refractivity contribution is 6.46. The molecule has 0 aliphatic carbocycles. The Morgan fingerprint density at radius 3 is 2.41 bits per heavy atom. The monoisotopic (exact) mass is 436 g/mol. The minimum Gasteiger partial charge on any atom is -0.507 e. The fourth-order valence-electron chi connectivity index (χ4n) is 4.27. The highest BCUT2D eigenvalue weighted by Crippen LogP contribution is 2.41. The SMILES string of the molecule is CCN(CC)CCN1C(=O)C(=O)/C(=C(/O)c2cc(C)ccc2OC)C1c1ccccc1C. The summed E-state index contributed by atoms with van der Waals surface area (Å²) in [4.78, 5) is 30.2. The summed E-state index contributed by atoms with van der Waals surface area (Å²) in [6.45, 7) is 10.8. The predicted molar refractivity (Wildman–Crippen MR) is 126 cm³/mol. The Morgan fingerprint density at radius 2 is 1.78 bits per heavy atom. The number of likely N-dealkylation sites (tertiary alicyclic amines) is 1. The van der Waals surface area contributed by atoms with Crippen molar-refractivity contribution in [3.05, 3.63) is 70.3 Å². The van der Waals surface area contributed by atoms with E-state index >= 15 is 0 Å². The molecule has 2 aromatic carbocycles. The predicted octanol–water partition coefficient (Wildman–Crippen LogP) is 4.08. The van der Waals surface area contributed by atoms with Gasteiger partial charge in [0.05, 0.1) is 24.3 Å². The van der Waals surface area contributed by atoms with Gasteiger partial charge in [0, 0.05) is 13.1 Å². The van der Waals surface area contributed by atoms with Crippen LogP contribution in [-0.4, -0.2) is 59.9 Å². The average molecular weight is 437 g/mol. The second kappa shape index (κ2) is 10.0. The maximum Gasteiger partial charge on any atom is 0.295 e. The lowest BCUT2D eigenvalue weighted by atomic mass is 9.92. The number of hydrogen-bond acceptors (Lipinski definition) is 5. The first-order chi connectivity index (χ1) is 15.3. The molecule has 1 N–H and O–H groups in total. The summed E-state index contributed by atoms with van der Waals surface area (Å²) < 4.78 is 5.43. The number of methoxy groups -OCH3 is 1. The molecule has 0 saturated carbocycles. The number of rotatable bonds is 8. The highest BCUT2D eigenvalue weighted by atomic mass is 16.5. The molecule has 0 bridgehead atoms. The van der Waals surface area contributed by atoms with Gasteiger partial charge >= 0.3 is 0 Å². The third-order valence-corrected chi connectivity index (χ3v) is 6.18. The number of carbonyl (C=O) groups excluding carboxylic acids is 2. The summed E-state index contributed by atoms with van der Waals surface area (Å²) in [6, 6.07) is 12.4. The molecule has 1 aliphatic heterocycles. The van der Waals surface area contributed by atoms with Crippen LogP contribution in [0.25, 0.3) is 5.76 Å².